The summed E-state index contributed by atoms with van der Waals surface area (Å²) in [5, 5.41) is 3.49. The molecule has 0 bridgehead atoms. The van der Waals surface area contributed by atoms with Crippen LogP contribution in [0.25, 0.3) is 0 Å². The fourth-order valence-corrected chi connectivity index (χ4v) is 2.48. The molecule has 1 saturated carbocycles. The first-order valence-corrected chi connectivity index (χ1v) is 7.37. The van der Waals surface area contributed by atoms with Gasteiger partial charge < -0.3 is 10.2 Å². The Morgan fingerprint density at radius 1 is 1.47 bits per heavy atom. The molecule has 2 atom stereocenters. The number of hydrogen-bond acceptors (Lipinski definition) is 3. The summed E-state index contributed by atoms with van der Waals surface area (Å²) in [6, 6.07) is 2.72. The summed E-state index contributed by atoms with van der Waals surface area (Å²) in [4.78, 5) is 6.85. The number of rotatable bonds is 6. The molecule has 2 unspecified atom stereocenters. The van der Waals surface area contributed by atoms with Crippen LogP contribution in [0.4, 0.5) is 5.69 Å². The lowest BCUT2D eigenvalue weighted by molar-refractivity contribution is 0.586. The molecule has 1 aromatic rings. The van der Waals surface area contributed by atoms with Crippen LogP contribution < -0.4 is 10.2 Å². The molecule has 0 amide bonds. The van der Waals surface area contributed by atoms with Crippen molar-refractivity contribution in [2.45, 2.75) is 46.7 Å². The van der Waals surface area contributed by atoms with Crippen molar-refractivity contribution in [1.29, 1.82) is 0 Å². The molecule has 0 radical (unpaired) electrons. The van der Waals surface area contributed by atoms with Gasteiger partial charge >= 0.3 is 0 Å². The highest BCUT2D eigenvalue weighted by Gasteiger charge is 2.33. The van der Waals surface area contributed by atoms with Crippen molar-refractivity contribution in [2.75, 3.05) is 18.5 Å². The van der Waals surface area contributed by atoms with Crippen molar-refractivity contribution in [3.63, 3.8) is 0 Å². The van der Waals surface area contributed by atoms with Crippen molar-refractivity contribution < 1.29 is 0 Å². The van der Waals surface area contributed by atoms with E-state index in [9.17, 15) is 0 Å². The van der Waals surface area contributed by atoms with Gasteiger partial charge in [0.1, 0.15) is 0 Å². The van der Waals surface area contributed by atoms with E-state index in [0.29, 0.717) is 6.04 Å². The number of aromatic nitrogens is 1. The van der Waals surface area contributed by atoms with Crippen LogP contribution in [0.15, 0.2) is 12.3 Å². The molecular formula is C16H27N3. The molecule has 0 aliphatic heterocycles. The molecule has 2 rings (SSSR count). The second-order valence-corrected chi connectivity index (χ2v) is 6.34. The Hall–Kier alpha value is -1.09. The molecule has 0 saturated heterocycles. The van der Waals surface area contributed by atoms with E-state index < -0.39 is 0 Å². The number of pyridine rings is 1. The number of nitrogens with one attached hydrogen (secondary N) is 1. The van der Waals surface area contributed by atoms with E-state index in [1.165, 1.54) is 24.2 Å². The number of hydrogen-bond donors (Lipinski definition) is 1. The van der Waals surface area contributed by atoms with E-state index >= 15 is 0 Å². The summed E-state index contributed by atoms with van der Waals surface area (Å²) in [5.41, 5.74) is 3.73. The molecule has 3 heteroatoms. The van der Waals surface area contributed by atoms with Crippen molar-refractivity contribution >= 4 is 5.69 Å². The lowest BCUT2D eigenvalue weighted by atomic mass is 10.1. The molecular weight excluding hydrogens is 234 g/mol. The Balaban J connectivity index is 2.09. The number of aryl methyl sites for hydroxylation is 1. The molecule has 1 aliphatic rings. The smallest absolute Gasteiger partial charge is 0.0443 e. The van der Waals surface area contributed by atoms with Crippen LogP contribution in [0, 0.1) is 18.8 Å². The predicted molar refractivity (Wildman–Crippen MR) is 81.5 cm³/mol. The molecule has 0 spiro atoms. The van der Waals surface area contributed by atoms with Gasteiger partial charge in [0.25, 0.3) is 0 Å². The predicted octanol–water partition coefficient (Wildman–Crippen LogP) is 2.98. The SMILES string of the molecule is Cc1cc(N(C)CC2CC2C)c(CNC(C)C)cn1. The van der Waals surface area contributed by atoms with Gasteiger partial charge in [0.05, 0.1) is 0 Å². The highest BCUT2D eigenvalue weighted by atomic mass is 15.1. The second kappa shape index (κ2) is 5.91. The van der Waals surface area contributed by atoms with E-state index in [0.717, 1.165) is 24.1 Å². The van der Waals surface area contributed by atoms with E-state index in [2.05, 4.69) is 56.0 Å². The molecule has 1 heterocycles. The van der Waals surface area contributed by atoms with Crippen LogP contribution in [-0.2, 0) is 6.54 Å². The first-order valence-electron chi connectivity index (χ1n) is 7.37. The van der Waals surface area contributed by atoms with Crippen molar-refractivity contribution in [1.82, 2.24) is 10.3 Å². The minimum Gasteiger partial charge on any atom is -0.374 e. The summed E-state index contributed by atoms with van der Waals surface area (Å²) < 4.78 is 0. The van der Waals surface area contributed by atoms with Crippen molar-refractivity contribution in [2.24, 2.45) is 11.8 Å². The molecule has 1 fully saturated rings. The molecule has 1 N–H and O–H groups in total. The maximum atomic E-state index is 4.44. The van der Waals surface area contributed by atoms with Crippen molar-refractivity contribution in [3.05, 3.63) is 23.5 Å². The molecule has 19 heavy (non-hydrogen) atoms. The Kier molecular flexibility index (Phi) is 4.46. The van der Waals surface area contributed by atoms with Crippen LogP contribution in [0.2, 0.25) is 0 Å². The standard InChI is InChI=1S/C16H27N3/c1-11(2)17-8-15-9-18-13(4)7-16(15)19(5)10-14-6-12(14)3/h7,9,11-12,14,17H,6,8,10H2,1-5H3. The lowest BCUT2D eigenvalue weighted by Gasteiger charge is -2.23. The Bertz CT molecular complexity index is 428. The summed E-state index contributed by atoms with van der Waals surface area (Å²) in [6.07, 6.45) is 3.40. The summed E-state index contributed by atoms with van der Waals surface area (Å²) in [7, 11) is 2.21. The van der Waals surface area contributed by atoms with Gasteiger partial charge in [-0.1, -0.05) is 20.8 Å². The Morgan fingerprint density at radius 2 is 2.16 bits per heavy atom. The van der Waals surface area contributed by atoms with Crippen LogP contribution in [0.3, 0.4) is 0 Å². The van der Waals surface area contributed by atoms with E-state index in [-0.39, 0.29) is 0 Å². The second-order valence-electron chi connectivity index (χ2n) is 6.34. The minimum atomic E-state index is 0.503. The third-order valence-electron chi connectivity index (χ3n) is 4.00. The molecule has 106 valence electrons. The zero-order valence-corrected chi connectivity index (χ0v) is 12.9. The van der Waals surface area contributed by atoms with Gasteiger partial charge in [0, 0.05) is 49.3 Å². The maximum absolute atomic E-state index is 4.44. The fraction of sp³-hybridized carbons (Fsp3) is 0.688. The first kappa shape index (κ1) is 14.3. The average Bonchev–Trinajstić information content (AvgIpc) is 3.03. The third-order valence-corrected chi connectivity index (χ3v) is 4.00. The van der Waals surface area contributed by atoms with E-state index in [1.807, 2.05) is 6.20 Å². The monoisotopic (exact) mass is 261 g/mol. The van der Waals surface area contributed by atoms with Crippen molar-refractivity contribution in [3.8, 4) is 0 Å². The highest BCUT2D eigenvalue weighted by Crippen LogP contribution is 2.39. The topological polar surface area (TPSA) is 28.2 Å². The van der Waals surface area contributed by atoms with Gasteiger partial charge in [0.2, 0.25) is 0 Å². The van der Waals surface area contributed by atoms with Crippen LogP contribution in [0.1, 0.15) is 38.4 Å². The van der Waals surface area contributed by atoms with Gasteiger partial charge in [-0.25, -0.2) is 0 Å². The first-order chi connectivity index (χ1) is 8.97. The zero-order valence-electron chi connectivity index (χ0n) is 12.9. The van der Waals surface area contributed by atoms with Gasteiger partial charge in [-0.2, -0.15) is 0 Å². The highest BCUT2D eigenvalue weighted by molar-refractivity contribution is 5.53. The summed E-state index contributed by atoms with van der Waals surface area (Å²) in [5.74, 6) is 1.78. The molecule has 1 aromatic heterocycles. The normalized spacial score (nSPS) is 21.8. The van der Waals surface area contributed by atoms with Crippen LogP contribution >= 0.6 is 0 Å². The summed E-state index contributed by atoms with van der Waals surface area (Å²) >= 11 is 0. The quantitative estimate of drug-likeness (QED) is 0.853. The summed E-state index contributed by atoms with van der Waals surface area (Å²) in [6.45, 7) is 10.8. The zero-order chi connectivity index (χ0) is 14.0. The lowest BCUT2D eigenvalue weighted by Crippen LogP contribution is -2.26. The van der Waals surface area contributed by atoms with Crippen LogP contribution in [-0.4, -0.2) is 24.6 Å². The fourth-order valence-electron chi connectivity index (χ4n) is 2.48. The molecule has 1 aliphatic carbocycles. The number of anilines is 1. The molecule has 0 aromatic carbocycles. The Morgan fingerprint density at radius 3 is 2.74 bits per heavy atom. The average molecular weight is 261 g/mol. The van der Waals surface area contributed by atoms with Gasteiger partial charge in [-0.3, -0.25) is 4.98 Å². The Labute approximate surface area is 117 Å². The van der Waals surface area contributed by atoms with E-state index in [1.54, 1.807) is 0 Å². The van der Waals surface area contributed by atoms with E-state index in [4.69, 9.17) is 0 Å². The number of nitrogens with zero attached hydrogens (tertiary/aromatic N) is 2. The maximum Gasteiger partial charge on any atom is 0.0443 e. The largest absolute Gasteiger partial charge is 0.374 e. The molecule has 3 nitrogen and oxygen atoms in total. The van der Waals surface area contributed by atoms with Gasteiger partial charge in [-0.05, 0) is 31.2 Å². The van der Waals surface area contributed by atoms with Gasteiger partial charge in [-0.15, -0.1) is 0 Å². The van der Waals surface area contributed by atoms with Gasteiger partial charge in [0.15, 0.2) is 0 Å². The third kappa shape index (κ3) is 3.93. The van der Waals surface area contributed by atoms with Crippen LogP contribution in [0.5, 0.6) is 0 Å². The minimum absolute atomic E-state index is 0.503.